The lowest BCUT2D eigenvalue weighted by molar-refractivity contribution is -0.143. The Kier molecular flexibility index (Phi) is 4.70. The van der Waals surface area contributed by atoms with E-state index >= 15 is 0 Å². The molecule has 1 rings (SSSR count). The zero-order valence-electron chi connectivity index (χ0n) is 9.39. The zero-order chi connectivity index (χ0) is 12.1. The fraction of sp³-hybridized carbons (Fsp3) is 0.800. The predicted molar refractivity (Wildman–Crippen MR) is 56.8 cm³/mol. The Balaban J connectivity index is 2.57. The van der Waals surface area contributed by atoms with E-state index in [9.17, 15) is 9.59 Å². The number of likely N-dealkylation sites (N-methyl/N-ethyl adjacent to an activating group) is 1. The van der Waals surface area contributed by atoms with Crippen molar-refractivity contribution >= 4 is 11.9 Å². The fourth-order valence-electron chi connectivity index (χ4n) is 1.95. The van der Waals surface area contributed by atoms with Gasteiger partial charge in [0.05, 0.1) is 19.1 Å². The quantitative estimate of drug-likeness (QED) is 0.628. The van der Waals surface area contributed by atoms with Crippen LogP contribution in [0.15, 0.2) is 0 Å². The second-order valence-electron chi connectivity index (χ2n) is 3.89. The van der Waals surface area contributed by atoms with Crippen molar-refractivity contribution in [3.05, 3.63) is 0 Å². The molecule has 3 N–H and O–H groups in total. The molecule has 92 valence electrons. The molecule has 16 heavy (non-hydrogen) atoms. The highest BCUT2D eigenvalue weighted by molar-refractivity contribution is 5.74. The summed E-state index contributed by atoms with van der Waals surface area (Å²) in [6.07, 6.45) is 0.247. The van der Waals surface area contributed by atoms with Crippen molar-refractivity contribution in [1.29, 1.82) is 0 Å². The molecule has 0 aromatic heterocycles. The van der Waals surface area contributed by atoms with E-state index in [1.165, 1.54) is 0 Å². The Bertz CT molecular complexity index is 270. The molecule has 0 spiro atoms. The van der Waals surface area contributed by atoms with Gasteiger partial charge >= 0.3 is 5.97 Å². The van der Waals surface area contributed by atoms with E-state index in [4.69, 9.17) is 15.6 Å². The van der Waals surface area contributed by atoms with E-state index in [0.717, 1.165) is 0 Å². The van der Waals surface area contributed by atoms with Crippen LogP contribution in [0.4, 0.5) is 0 Å². The Morgan fingerprint density at radius 2 is 2.19 bits per heavy atom. The van der Waals surface area contributed by atoms with Crippen LogP contribution in [0.5, 0.6) is 0 Å². The molecule has 2 unspecified atom stereocenters. The van der Waals surface area contributed by atoms with Gasteiger partial charge in [0.15, 0.2) is 0 Å². The molecule has 0 aromatic carbocycles. The first-order chi connectivity index (χ1) is 7.56. The average molecular weight is 230 g/mol. The van der Waals surface area contributed by atoms with Crippen molar-refractivity contribution in [3.8, 4) is 0 Å². The number of primary amides is 1. The Hall–Kier alpha value is -1.14. The number of nitrogens with zero attached hydrogens (tertiary/aromatic N) is 1. The van der Waals surface area contributed by atoms with E-state index in [1.807, 2.05) is 11.8 Å². The number of rotatable bonds is 6. The van der Waals surface area contributed by atoms with Gasteiger partial charge in [-0.15, -0.1) is 0 Å². The molecule has 6 heteroatoms. The number of carbonyl (C=O) groups is 2. The molecule has 6 nitrogen and oxygen atoms in total. The van der Waals surface area contributed by atoms with Crippen molar-refractivity contribution in [2.75, 3.05) is 26.3 Å². The molecule has 0 bridgehead atoms. The van der Waals surface area contributed by atoms with Crippen LogP contribution < -0.4 is 5.73 Å². The summed E-state index contributed by atoms with van der Waals surface area (Å²) < 4.78 is 5.18. The molecule has 0 radical (unpaired) electrons. The van der Waals surface area contributed by atoms with Crippen LogP contribution >= 0.6 is 0 Å². The number of nitrogens with two attached hydrogens (primary N) is 1. The minimum atomic E-state index is -0.847. The van der Waals surface area contributed by atoms with Crippen LogP contribution in [0.1, 0.15) is 13.3 Å². The van der Waals surface area contributed by atoms with E-state index in [1.54, 1.807) is 0 Å². The second-order valence-corrected chi connectivity index (χ2v) is 3.89. The number of aliphatic carboxylic acids is 1. The van der Waals surface area contributed by atoms with E-state index in [-0.39, 0.29) is 25.0 Å². The van der Waals surface area contributed by atoms with Gasteiger partial charge in [-0.3, -0.25) is 14.5 Å². The maximum absolute atomic E-state index is 11.0. The van der Waals surface area contributed by atoms with Crippen molar-refractivity contribution in [3.63, 3.8) is 0 Å². The van der Waals surface area contributed by atoms with Crippen LogP contribution in [0.2, 0.25) is 0 Å². The molecular formula is C10H18N2O4. The summed E-state index contributed by atoms with van der Waals surface area (Å²) in [4.78, 5) is 23.6. The predicted octanol–water partition coefficient (Wildman–Crippen LogP) is -0.717. The summed E-state index contributed by atoms with van der Waals surface area (Å²) in [7, 11) is 0. The topological polar surface area (TPSA) is 92.9 Å². The van der Waals surface area contributed by atoms with Gasteiger partial charge in [-0.05, 0) is 6.54 Å². The Morgan fingerprint density at radius 3 is 2.69 bits per heavy atom. The highest BCUT2D eigenvalue weighted by atomic mass is 16.5. The first-order valence-electron chi connectivity index (χ1n) is 5.39. The molecule has 1 saturated heterocycles. The number of hydrogen-bond donors (Lipinski definition) is 2. The zero-order valence-corrected chi connectivity index (χ0v) is 9.39. The van der Waals surface area contributed by atoms with Crippen molar-refractivity contribution < 1.29 is 19.4 Å². The van der Waals surface area contributed by atoms with Crippen molar-refractivity contribution in [1.82, 2.24) is 4.90 Å². The molecule has 0 saturated carbocycles. The molecule has 1 heterocycles. The average Bonchev–Trinajstić information content (AvgIpc) is 2.67. The monoisotopic (exact) mass is 230 g/mol. The maximum atomic E-state index is 11.0. The molecule has 0 aliphatic carbocycles. The number of carboxylic acids is 1. The third-order valence-corrected chi connectivity index (χ3v) is 2.89. The van der Waals surface area contributed by atoms with Gasteiger partial charge in [0, 0.05) is 19.0 Å². The van der Waals surface area contributed by atoms with Gasteiger partial charge in [-0.1, -0.05) is 6.92 Å². The number of carboxylic acid groups (broad SMARTS) is 1. The molecular weight excluding hydrogens is 212 g/mol. The van der Waals surface area contributed by atoms with Gasteiger partial charge in [0.25, 0.3) is 0 Å². The lowest BCUT2D eigenvalue weighted by Gasteiger charge is -2.28. The molecule has 2 atom stereocenters. The largest absolute Gasteiger partial charge is 0.481 e. The van der Waals surface area contributed by atoms with Gasteiger partial charge in [-0.2, -0.15) is 0 Å². The van der Waals surface area contributed by atoms with Crippen LogP contribution in [0, 0.1) is 5.92 Å². The SMILES string of the molecule is CCN(CCC(N)=O)C1COCC1C(=O)O. The summed E-state index contributed by atoms with van der Waals surface area (Å²) in [5.41, 5.74) is 5.08. The van der Waals surface area contributed by atoms with Gasteiger partial charge < -0.3 is 15.6 Å². The minimum absolute atomic E-state index is 0.151. The number of carbonyl (C=O) groups excluding carboxylic acids is 1. The molecule has 1 fully saturated rings. The van der Waals surface area contributed by atoms with Crippen LogP contribution in [-0.4, -0.2) is 54.2 Å². The van der Waals surface area contributed by atoms with Gasteiger partial charge in [0.1, 0.15) is 0 Å². The lowest BCUT2D eigenvalue weighted by atomic mass is 10.0. The van der Waals surface area contributed by atoms with Gasteiger partial charge in [0.2, 0.25) is 5.91 Å². The molecule has 0 aromatic rings. The van der Waals surface area contributed by atoms with Crippen molar-refractivity contribution in [2.45, 2.75) is 19.4 Å². The highest BCUT2D eigenvalue weighted by Gasteiger charge is 2.37. The van der Waals surface area contributed by atoms with Gasteiger partial charge in [-0.25, -0.2) is 0 Å². The second kappa shape index (κ2) is 5.81. The maximum Gasteiger partial charge on any atom is 0.310 e. The van der Waals surface area contributed by atoms with E-state index in [0.29, 0.717) is 19.7 Å². The first kappa shape index (κ1) is 12.9. The first-order valence-corrected chi connectivity index (χ1v) is 5.39. The third kappa shape index (κ3) is 3.18. The highest BCUT2D eigenvalue weighted by Crippen LogP contribution is 2.20. The summed E-state index contributed by atoms with van der Waals surface area (Å²) in [6.45, 7) is 3.75. The van der Waals surface area contributed by atoms with E-state index < -0.39 is 11.9 Å². The molecule has 1 aliphatic heterocycles. The van der Waals surface area contributed by atoms with Crippen LogP contribution in [0.25, 0.3) is 0 Å². The summed E-state index contributed by atoms with van der Waals surface area (Å²) in [5.74, 6) is -1.72. The standard InChI is InChI=1S/C10H18N2O4/c1-2-12(4-3-9(11)13)8-6-16-5-7(8)10(14)15/h7-8H,2-6H2,1H3,(H2,11,13)(H,14,15). The minimum Gasteiger partial charge on any atom is -0.481 e. The summed E-state index contributed by atoms with van der Waals surface area (Å²) in [5, 5.41) is 9.01. The number of amides is 1. The van der Waals surface area contributed by atoms with Crippen LogP contribution in [-0.2, 0) is 14.3 Å². The summed E-state index contributed by atoms with van der Waals surface area (Å²) in [6, 6.07) is -0.151. The third-order valence-electron chi connectivity index (χ3n) is 2.89. The normalized spacial score (nSPS) is 24.9. The van der Waals surface area contributed by atoms with Crippen molar-refractivity contribution in [2.24, 2.45) is 11.7 Å². The Morgan fingerprint density at radius 1 is 1.50 bits per heavy atom. The Labute approximate surface area is 94.3 Å². The lowest BCUT2D eigenvalue weighted by Crippen LogP contribution is -2.44. The number of ether oxygens (including phenoxy) is 1. The molecule has 1 amide bonds. The van der Waals surface area contributed by atoms with E-state index in [2.05, 4.69) is 0 Å². The smallest absolute Gasteiger partial charge is 0.310 e. The van der Waals surface area contributed by atoms with Crippen LogP contribution in [0.3, 0.4) is 0 Å². The number of hydrogen-bond acceptors (Lipinski definition) is 4. The summed E-state index contributed by atoms with van der Waals surface area (Å²) >= 11 is 0. The fourth-order valence-corrected chi connectivity index (χ4v) is 1.95. The molecule has 1 aliphatic rings.